The van der Waals surface area contributed by atoms with Crippen LogP contribution in [0.4, 0.5) is 0 Å². The number of nitrogens with zero attached hydrogens (tertiary/aromatic N) is 2. The van der Waals surface area contributed by atoms with Crippen LogP contribution < -0.4 is 5.32 Å². The minimum atomic E-state index is 0.137. The SMILES string of the molecule is CN(C)C(CNC(=O)CCCCc1nc2ccccc2s1)c1cccs1. The summed E-state index contributed by atoms with van der Waals surface area (Å²) in [7, 11) is 4.10. The summed E-state index contributed by atoms with van der Waals surface area (Å²) in [6.07, 6.45) is 3.42. The molecule has 6 heteroatoms. The van der Waals surface area contributed by atoms with Gasteiger partial charge in [0.15, 0.2) is 0 Å². The summed E-state index contributed by atoms with van der Waals surface area (Å²) in [5.41, 5.74) is 1.08. The molecular weight excluding hydrogens is 362 g/mol. The fourth-order valence-electron chi connectivity index (χ4n) is 2.91. The van der Waals surface area contributed by atoms with E-state index in [-0.39, 0.29) is 11.9 Å². The van der Waals surface area contributed by atoms with Crippen LogP contribution in [0, 0.1) is 0 Å². The van der Waals surface area contributed by atoms with Gasteiger partial charge in [-0.15, -0.1) is 22.7 Å². The number of likely N-dealkylation sites (N-methyl/N-ethyl adjacent to an activating group) is 1. The maximum Gasteiger partial charge on any atom is 0.220 e. The van der Waals surface area contributed by atoms with Crippen molar-refractivity contribution in [3.05, 3.63) is 51.7 Å². The van der Waals surface area contributed by atoms with Crippen molar-refractivity contribution in [1.82, 2.24) is 15.2 Å². The molecule has 2 heterocycles. The molecule has 0 bridgehead atoms. The standard InChI is InChI=1S/C20H25N3OS2/c1-23(2)16(18-10-7-13-25-18)14-21-19(24)11-5-6-12-20-22-15-8-3-4-9-17(15)26-20/h3-4,7-10,13,16H,5-6,11-12,14H2,1-2H3,(H,21,24). The number of hydrogen-bond acceptors (Lipinski definition) is 5. The van der Waals surface area contributed by atoms with Crippen molar-refractivity contribution in [2.45, 2.75) is 31.7 Å². The summed E-state index contributed by atoms with van der Waals surface area (Å²) in [6.45, 7) is 0.657. The van der Waals surface area contributed by atoms with Gasteiger partial charge in [-0.2, -0.15) is 0 Å². The largest absolute Gasteiger partial charge is 0.354 e. The normalized spacial score (nSPS) is 12.6. The number of unbranched alkanes of at least 4 members (excludes halogenated alkanes) is 1. The van der Waals surface area contributed by atoms with Crippen molar-refractivity contribution in [1.29, 1.82) is 0 Å². The van der Waals surface area contributed by atoms with E-state index in [4.69, 9.17) is 0 Å². The zero-order valence-electron chi connectivity index (χ0n) is 15.3. The summed E-state index contributed by atoms with van der Waals surface area (Å²) in [5, 5.41) is 6.33. The van der Waals surface area contributed by atoms with E-state index in [1.165, 1.54) is 9.58 Å². The molecule has 3 aromatic rings. The van der Waals surface area contributed by atoms with Gasteiger partial charge in [-0.05, 0) is 56.9 Å². The first-order chi connectivity index (χ1) is 12.6. The molecule has 0 radical (unpaired) electrons. The Labute approximate surface area is 162 Å². The van der Waals surface area contributed by atoms with E-state index in [0.29, 0.717) is 13.0 Å². The predicted octanol–water partition coefficient (Wildman–Crippen LogP) is 4.49. The van der Waals surface area contributed by atoms with Crippen LogP contribution >= 0.6 is 22.7 Å². The molecule has 0 aliphatic carbocycles. The van der Waals surface area contributed by atoms with Crippen LogP contribution in [0.3, 0.4) is 0 Å². The van der Waals surface area contributed by atoms with Crippen molar-refractivity contribution >= 4 is 38.8 Å². The predicted molar refractivity (Wildman–Crippen MR) is 111 cm³/mol. The lowest BCUT2D eigenvalue weighted by molar-refractivity contribution is -0.121. The number of rotatable bonds is 9. The Morgan fingerprint density at radius 1 is 1.19 bits per heavy atom. The number of para-hydroxylation sites is 1. The quantitative estimate of drug-likeness (QED) is 0.550. The van der Waals surface area contributed by atoms with Gasteiger partial charge >= 0.3 is 0 Å². The van der Waals surface area contributed by atoms with Gasteiger partial charge in [0.1, 0.15) is 0 Å². The van der Waals surface area contributed by atoms with Gasteiger partial charge in [-0.1, -0.05) is 18.2 Å². The van der Waals surface area contributed by atoms with E-state index < -0.39 is 0 Å². The molecule has 1 N–H and O–H groups in total. The molecule has 0 saturated heterocycles. The van der Waals surface area contributed by atoms with E-state index in [9.17, 15) is 4.79 Å². The molecule has 3 rings (SSSR count). The molecule has 0 saturated carbocycles. The van der Waals surface area contributed by atoms with Gasteiger partial charge in [0, 0.05) is 17.8 Å². The van der Waals surface area contributed by atoms with Crippen molar-refractivity contribution in [3.8, 4) is 0 Å². The highest BCUT2D eigenvalue weighted by Crippen LogP contribution is 2.23. The summed E-state index contributed by atoms with van der Waals surface area (Å²) >= 11 is 3.49. The van der Waals surface area contributed by atoms with E-state index >= 15 is 0 Å². The van der Waals surface area contributed by atoms with Crippen LogP contribution in [0.2, 0.25) is 0 Å². The first-order valence-electron chi connectivity index (χ1n) is 8.94. The number of aromatic nitrogens is 1. The summed E-state index contributed by atoms with van der Waals surface area (Å²) in [4.78, 5) is 20.2. The number of amides is 1. The molecule has 1 aromatic carbocycles. The second-order valence-corrected chi connectivity index (χ2v) is 8.68. The lowest BCUT2D eigenvalue weighted by Crippen LogP contribution is -2.34. The molecular formula is C20H25N3OS2. The Hall–Kier alpha value is -1.76. The Balaban J connectivity index is 1.38. The number of hydrogen-bond donors (Lipinski definition) is 1. The maximum atomic E-state index is 12.2. The third-order valence-electron chi connectivity index (χ3n) is 4.37. The van der Waals surface area contributed by atoms with Crippen molar-refractivity contribution in [2.75, 3.05) is 20.6 Å². The molecule has 0 spiro atoms. The maximum absolute atomic E-state index is 12.2. The van der Waals surface area contributed by atoms with Crippen molar-refractivity contribution in [2.24, 2.45) is 0 Å². The average molecular weight is 388 g/mol. The third-order valence-corrected chi connectivity index (χ3v) is 6.44. The molecule has 26 heavy (non-hydrogen) atoms. The van der Waals surface area contributed by atoms with Crippen LogP contribution in [-0.4, -0.2) is 36.4 Å². The van der Waals surface area contributed by atoms with Gasteiger partial charge in [0.05, 0.1) is 21.3 Å². The van der Waals surface area contributed by atoms with Gasteiger partial charge in [-0.25, -0.2) is 4.98 Å². The highest BCUT2D eigenvalue weighted by Gasteiger charge is 2.16. The van der Waals surface area contributed by atoms with Gasteiger partial charge < -0.3 is 10.2 Å². The second kappa shape index (κ2) is 9.26. The first-order valence-corrected chi connectivity index (χ1v) is 10.6. The van der Waals surface area contributed by atoms with E-state index in [0.717, 1.165) is 29.8 Å². The van der Waals surface area contributed by atoms with E-state index in [1.807, 2.05) is 12.1 Å². The van der Waals surface area contributed by atoms with Crippen LogP contribution in [0.25, 0.3) is 10.2 Å². The molecule has 1 unspecified atom stereocenters. The van der Waals surface area contributed by atoms with Gasteiger partial charge in [0.25, 0.3) is 0 Å². The number of nitrogens with one attached hydrogen (secondary N) is 1. The van der Waals surface area contributed by atoms with E-state index in [2.05, 4.69) is 58.9 Å². The number of benzene rings is 1. The molecule has 2 aromatic heterocycles. The Morgan fingerprint density at radius 2 is 2.04 bits per heavy atom. The summed E-state index contributed by atoms with van der Waals surface area (Å²) < 4.78 is 1.24. The zero-order valence-corrected chi connectivity index (χ0v) is 16.9. The van der Waals surface area contributed by atoms with Gasteiger partial charge in [-0.3, -0.25) is 4.79 Å². The molecule has 0 fully saturated rings. The van der Waals surface area contributed by atoms with Crippen LogP contribution in [0.1, 0.15) is 35.2 Å². The van der Waals surface area contributed by atoms with E-state index in [1.54, 1.807) is 22.7 Å². The molecule has 1 amide bonds. The molecule has 4 nitrogen and oxygen atoms in total. The fourth-order valence-corrected chi connectivity index (χ4v) is 4.84. The van der Waals surface area contributed by atoms with Crippen molar-refractivity contribution in [3.63, 3.8) is 0 Å². The highest BCUT2D eigenvalue weighted by atomic mass is 32.1. The Morgan fingerprint density at radius 3 is 2.77 bits per heavy atom. The summed E-state index contributed by atoms with van der Waals surface area (Å²) in [5.74, 6) is 0.137. The lowest BCUT2D eigenvalue weighted by atomic mass is 10.2. The zero-order chi connectivity index (χ0) is 18.4. The van der Waals surface area contributed by atoms with Crippen LogP contribution in [-0.2, 0) is 11.2 Å². The molecule has 1 atom stereocenters. The molecule has 0 aliphatic rings. The first kappa shape index (κ1) is 19.0. The molecule has 0 aliphatic heterocycles. The average Bonchev–Trinajstić information content (AvgIpc) is 3.28. The van der Waals surface area contributed by atoms with Crippen molar-refractivity contribution < 1.29 is 4.79 Å². The number of thiazole rings is 1. The van der Waals surface area contributed by atoms with Gasteiger partial charge in [0.2, 0.25) is 5.91 Å². The molecule has 138 valence electrons. The summed E-state index contributed by atoms with van der Waals surface area (Å²) in [6, 6.07) is 12.6. The van der Waals surface area contributed by atoms with Crippen LogP contribution in [0.5, 0.6) is 0 Å². The Kier molecular flexibility index (Phi) is 6.77. The second-order valence-electron chi connectivity index (χ2n) is 6.58. The smallest absolute Gasteiger partial charge is 0.220 e. The Bertz CT molecular complexity index is 794. The minimum Gasteiger partial charge on any atom is -0.354 e. The monoisotopic (exact) mass is 387 g/mol. The number of fused-ring (bicyclic) bond motifs is 1. The number of carbonyl (C=O) groups is 1. The number of aryl methyl sites for hydroxylation is 1. The minimum absolute atomic E-state index is 0.137. The van der Waals surface area contributed by atoms with Crippen LogP contribution in [0.15, 0.2) is 41.8 Å². The lowest BCUT2D eigenvalue weighted by Gasteiger charge is -2.23. The number of carbonyl (C=O) groups excluding carboxylic acids is 1. The topological polar surface area (TPSA) is 45.2 Å². The fraction of sp³-hybridized carbons (Fsp3) is 0.400. The number of thiophene rings is 1. The highest BCUT2D eigenvalue weighted by molar-refractivity contribution is 7.18. The third kappa shape index (κ3) is 5.13.